The van der Waals surface area contributed by atoms with Crippen molar-refractivity contribution in [2.75, 3.05) is 11.9 Å². The van der Waals surface area contributed by atoms with E-state index in [-0.39, 0.29) is 23.5 Å². The molecule has 0 heterocycles. The van der Waals surface area contributed by atoms with Crippen molar-refractivity contribution in [3.05, 3.63) is 63.2 Å². The molecule has 2 aromatic carbocycles. The first-order valence-electron chi connectivity index (χ1n) is 6.74. The van der Waals surface area contributed by atoms with Gasteiger partial charge in [0.2, 0.25) is 0 Å². The standard InChI is InChI=1S/C15H13ClN4O4/c16-11-2-1-3-12(7-11)17-9-15(22)19-18-8-10-6-13(20(23)24)4-5-14(10)21/h1-8,17,21H,9H2,(H,19,22)/b18-8+. The van der Waals surface area contributed by atoms with Crippen LogP contribution in [0.5, 0.6) is 5.75 Å². The summed E-state index contributed by atoms with van der Waals surface area (Å²) in [4.78, 5) is 21.7. The van der Waals surface area contributed by atoms with Crippen molar-refractivity contribution in [3.63, 3.8) is 0 Å². The first-order valence-corrected chi connectivity index (χ1v) is 7.12. The molecule has 3 N–H and O–H groups in total. The van der Waals surface area contributed by atoms with Gasteiger partial charge in [0, 0.05) is 28.4 Å². The number of amides is 1. The fourth-order valence-electron chi connectivity index (χ4n) is 1.75. The minimum Gasteiger partial charge on any atom is -0.507 e. The summed E-state index contributed by atoms with van der Waals surface area (Å²) in [6.45, 7) is -0.0431. The number of nitro benzene ring substituents is 1. The first-order chi connectivity index (χ1) is 11.5. The van der Waals surface area contributed by atoms with Crippen LogP contribution in [0.1, 0.15) is 5.56 Å². The number of nitrogens with zero attached hydrogens (tertiary/aromatic N) is 2. The van der Waals surface area contributed by atoms with Gasteiger partial charge in [-0.2, -0.15) is 5.10 Å². The van der Waals surface area contributed by atoms with Crippen LogP contribution in [0.15, 0.2) is 47.6 Å². The van der Waals surface area contributed by atoms with E-state index in [1.54, 1.807) is 24.3 Å². The Hall–Kier alpha value is -3.13. The Morgan fingerprint density at radius 2 is 2.12 bits per heavy atom. The first kappa shape index (κ1) is 17.2. The quantitative estimate of drug-likeness (QED) is 0.421. The molecular formula is C15H13ClN4O4. The van der Waals surface area contributed by atoms with E-state index >= 15 is 0 Å². The van der Waals surface area contributed by atoms with E-state index in [4.69, 9.17) is 11.6 Å². The van der Waals surface area contributed by atoms with E-state index in [0.29, 0.717) is 10.7 Å². The van der Waals surface area contributed by atoms with Crippen LogP contribution in [-0.2, 0) is 4.79 Å². The molecule has 1 amide bonds. The zero-order valence-electron chi connectivity index (χ0n) is 12.3. The van der Waals surface area contributed by atoms with Crippen LogP contribution in [-0.4, -0.2) is 28.7 Å². The van der Waals surface area contributed by atoms with Crippen LogP contribution in [0.4, 0.5) is 11.4 Å². The zero-order valence-corrected chi connectivity index (χ0v) is 13.0. The molecule has 0 saturated heterocycles. The molecule has 0 atom stereocenters. The molecule has 2 aromatic rings. The van der Waals surface area contributed by atoms with Gasteiger partial charge in [-0.15, -0.1) is 0 Å². The smallest absolute Gasteiger partial charge is 0.270 e. The largest absolute Gasteiger partial charge is 0.507 e. The number of anilines is 1. The summed E-state index contributed by atoms with van der Waals surface area (Å²) >= 11 is 5.83. The number of hydrogen-bond acceptors (Lipinski definition) is 6. The number of hydrogen-bond donors (Lipinski definition) is 3. The van der Waals surface area contributed by atoms with Crippen molar-refractivity contribution >= 4 is 35.1 Å². The van der Waals surface area contributed by atoms with Gasteiger partial charge >= 0.3 is 0 Å². The monoisotopic (exact) mass is 348 g/mol. The number of benzene rings is 2. The second-order valence-electron chi connectivity index (χ2n) is 4.66. The van der Waals surface area contributed by atoms with Gasteiger partial charge in [0.1, 0.15) is 5.75 Å². The Labute approximate surface area is 141 Å². The van der Waals surface area contributed by atoms with Crippen molar-refractivity contribution in [3.8, 4) is 5.75 Å². The molecule has 0 aliphatic carbocycles. The highest BCUT2D eigenvalue weighted by atomic mass is 35.5. The number of phenols is 1. The lowest BCUT2D eigenvalue weighted by Gasteiger charge is -2.05. The number of nitrogens with one attached hydrogen (secondary N) is 2. The van der Waals surface area contributed by atoms with Gasteiger partial charge < -0.3 is 10.4 Å². The minimum atomic E-state index is -0.593. The Kier molecular flexibility index (Phi) is 5.69. The molecule has 9 heteroatoms. The number of halogens is 1. The number of nitro groups is 1. The van der Waals surface area contributed by atoms with Crippen molar-refractivity contribution in [1.82, 2.24) is 5.43 Å². The highest BCUT2D eigenvalue weighted by Crippen LogP contribution is 2.21. The van der Waals surface area contributed by atoms with E-state index in [1.165, 1.54) is 12.1 Å². The van der Waals surface area contributed by atoms with Gasteiger partial charge in [-0.05, 0) is 24.3 Å². The molecule has 0 bridgehead atoms. The molecular weight excluding hydrogens is 336 g/mol. The summed E-state index contributed by atoms with van der Waals surface area (Å²) in [6.07, 6.45) is 1.12. The molecule has 0 radical (unpaired) electrons. The molecule has 0 saturated carbocycles. The summed E-state index contributed by atoms with van der Waals surface area (Å²) in [5.41, 5.74) is 2.85. The Morgan fingerprint density at radius 1 is 1.33 bits per heavy atom. The van der Waals surface area contributed by atoms with Crippen molar-refractivity contribution < 1.29 is 14.8 Å². The van der Waals surface area contributed by atoms with Crippen molar-refractivity contribution in [2.45, 2.75) is 0 Å². The number of carbonyl (C=O) groups excluding carboxylic acids is 1. The van der Waals surface area contributed by atoms with Gasteiger partial charge in [-0.1, -0.05) is 17.7 Å². The highest BCUT2D eigenvalue weighted by molar-refractivity contribution is 6.30. The molecule has 0 aliphatic rings. The number of non-ortho nitro benzene ring substituents is 1. The van der Waals surface area contributed by atoms with Gasteiger partial charge in [-0.25, -0.2) is 5.43 Å². The topological polar surface area (TPSA) is 117 Å². The predicted octanol–water partition coefficient (Wildman–Crippen LogP) is 2.52. The second kappa shape index (κ2) is 7.93. The van der Waals surface area contributed by atoms with Gasteiger partial charge in [-0.3, -0.25) is 14.9 Å². The van der Waals surface area contributed by atoms with Crippen LogP contribution in [0.25, 0.3) is 0 Å². The fourth-order valence-corrected chi connectivity index (χ4v) is 1.94. The maximum Gasteiger partial charge on any atom is 0.270 e. The maximum atomic E-state index is 11.7. The van der Waals surface area contributed by atoms with Crippen LogP contribution in [0.2, 0.25) is 5.02 Å². The second-order valence-corrected chi connectivity index (χ2v) is 5.09. The van der Waals surface area contributed by atoms with Crippen molar-refractivity contribution in [1.29, 1.82) is 0 Å². The van der Waals surface area contributed by atoms with E-state index in [9.17, 15) is 20.0 Å². The lowest BCUT2D eigenvalue weighted by Crippen LogP contribution is -2.25. The molecule has 0 fully saturated rings. The third kappa shape index (κ3) is 4.96. The average Bonchev–Trinajstić information content (AvgIpc) is 2.54. The number of hydrazone groups is 1. The molecule has 24 heavy (non-hydrogen) atoms. The SMILES string of the molecule is O=C(CNc1cccc(Cl)c1)N/N=C/c1cc([N+](=O)[O-])ccc1O. The molecule has 0 unspecified atom stereocenters. The summed E-state index contributed by atoms with van der Waals surface area (Å²) in [7, 11) is 0. The molecule has 0 aliphatic heterocycles. The van der Waals surface area contributed by atoms with Crippen LogP contribution < -0.4 is 10.7 Å². The number of carbonyl (C=O) groups is 1. The Balaban J connectivity index is 1.90. The van der Waals surface area contributed by atoms with Gasteiger partial charge in [0.25, 0.3) is 11.6 Å². The third-order valence-electron chi connectivity index (χ3n) is 2.89. The molecule has 0 spiro atoms. The lowest BCUT2D eigenvalue weighted by atomic mass is 10.2. The average molecular weight is 349 g/mol. The number of rotatable bonds is 6. The van der Waals surface area contributed by atoms with E-state index in [1.807, 2.05) is 0 Å². The normalized spacial score (nSPS) is 10.5. The van der Waals surface area contributed by atoms with E-state index in [0.717, 1.165) is 12.3 Å². The zero-order chi connectivity index (χ0) is 17.5. The molecule has 0 aromatic heterocycles. The van der Waals surface area contributed by atoms with Crippen LogP contribution in [0, 0.1) is 10.1 Å². The highest BCUT2D eigenvalue weighted by Gasteiger charge is 2.08. The third-order valence-corrected chi connectivity index (χ3v) is 3.13. The lowest BCUT2D eigenvalue weighted by molar-refractivity contribution is -0.384. The van der Waals surface area contributed by atoms with Gasteiger partial charge in [0.05, 0.1) is 17.7 Å². The number of phenolic OH excluding ortho intramolecular Hbond substituents is 1. The van der Waals surface area contributed by atoms with E-state index in [2.05, 4.69) is 15.8 Å². The van der Waals surface area contributed by atoms with Crippen LogP contribution in [0.3, 0.4) is 0 Å². The molecule has 8 nitrogen and oxygen atoms in total. The minimum absolute atomic E-state index is 0.0431. The Bertz CT molecular complexity index is 795. The molecule has 2 rings (SSSR count). The van der Waals surface area contributed by atoms with Crippen LogP contribution >= 0.6 is 11.6 Å². The maximum absolute atomic E-state index is 11.7. The predicted molar refractivity (Wildman–Crippen MR) is 90.4 cm³/mol. The summed E-state index contributed by atoms with van der Waals surface area (Å²) < 4.78 is 0. The van der Waals surface area contributed by atoms with Crippen molar-refractivity contribution in [2.24, 2.45) is 5.10 Å². The Morgan fingerprint density at radius 3 is 2.83 bits per heavy atom. The summed E-state index contributed by atoms with van der Waals surface area (Å²) in [5, 5.41) is 27.4. The number of aromatic hydroxyl groups is 1. The van der Waals surface area contributed by atoms with E-state index < -0.39 is 10.8 Å². The summed E-state index contributed by atoms with van der Waals surface area (Å²) in [6, 6.07) is 10.4. The fraction of sp³-hybridized carbons (Fsp3) is 0.0667. The summed E-state index contributed by atoms with van der Waals surface area (Å²) in [5.74, 6) is -0.619. The molecule has 124 valence electrons. The van der Waals surface area contributed by atoms with Gasteiger partial charge in [0.15, 0.2) is 0 Å².